The first-order chi connectivity index (χ1) is 11.7. The molecule has 1 aromatic carbocycles. The topological polar surface area (TPSA) is 55.4 Å². The molecule has 1 amide bonds. The SMILES string of the molecule is O=C(COC(=O)c1cc2c(s1)CCCC2)NCCc1ccccc1. The van der Waals surface area contributed by atoms with E-state index >= 15 is 0 Å². The zero-order valence-corrected chi connectivity index (χ0v) is 14.4. The fourth-order valence-electron chi connectivity index (χ4n) is 2.84. The van der Waals surface area contributed by atoms with E-state index < -0.39 is 5.97 Å². The number of aryl methyl sites for hydroxylation is 2. The molecule has 24 heavy (non-hydrogen) atoms. The molecule has 0 atom stereocenters. The number of nitrogens with one attached hydrogen (secondary N) is 1. The Morgan fingerprint density at radius 1 is 1.12 bits per heavy atom. The first-order valence-corrected chi connectivity index (χ1v) is 9.13. The Morgan fingerprint density at radius 3 is 2.71 bits per heavy atom. The molecule has 1 N–H and O–H groups in total. The number of carbonyl (C=O) groups is 2. The summed E-state index contributed by atoms with van der Waals surface area (Å²) in [5.74, 6) is -0.659. The van der Waals surface area contributed by atoms with Crippen molar-refractivity contribution in [3.8, 4) is 0 Å². The summed E-state index contributed by atoms with van der Waals surface area (Å²) in [4.78, 5) is 25.8. The molecule has 2 aromatic rings. The lowest BCUT2D eigenvalue weighted by atomic mass is 9.99. The van der Waals surface area contributed by atoms with Crippen molar-refractivity contribution in [3.63, 3.8) is 0 Å². The molecule has 0 aliphatic heterocycles. The average molecular weight is 343 g/mol. The van der Waals surface area contributed by atoms with Crippen LogP contribution < -0.4 is 5.32 Å². The van der Waals surface area contributed by atoms with Gasteiger partial charge in [0.15, 0.2) is 6.61 Å². The predicted octanol–water partition coefficient (Wildman–Crippen LogP) is 3.14. The van der Waals surface area contributed by atoms with E-state index in [-0.39, 0.29) is 12.5 Å². The number of hydrogen-bond donors (Lipinski definition) is 1. The van der Waals surface area contributed by atoms with Crippen LogP contribution in [-0.2, 0) is 28.8 Å². The maximum absolute atomic E-state index is 12.1. The van der Waals surface area contributed by atoms with E-state index in [1.54, 1.807) is 0 Å². The highest BCUT2D eigenvalue weighted by atomic mass is 32.1. The lowest BCUT2D eigenvalue weighted by molar-refractivity contribution is -0.124. The van der Waals surface area contributed by atoms with Crippen LogP contribution in [0.25, 0.3) is 0 Å². The van der Waals surface area contributed by atoms with Gasteiger partial charge >= 0.3 is 5.97 Å². The third kappa shape index (κ3) is 4.45. The van der Waals surface area contributed by atoms with Crippen LogP contribution in [0.3, 0.4) is 0 Å². The number of hydrogen-bond acceptors (Lipinski definition) is 4. The van der Waals surface area contributed by atoms with Crippen molar-refractivity contribution < 1.29 is 14.3 Å². The van der Waals surface area contributed by atoms with E-state index in [0.29, 0.717) is 11.4 Å². The average Bonchev–Trinajstić information content (AvgIpc) is 3.05. The van der Waals surface area contributed by atoms with Gasteiger partial charge in [-0.2, -0.15) is 0 Å². The molecule has 1 aromatic heterocycles. The van der Waals surface area contributed by atoms with Gasteiger partial charge in [-0.15, -0.1) is 11.3 Å². The van der Waals surface area contributed by atoms with Crippen LogP contribution in [0, 0.1) is 0 Å². The van der Waals surface area contributed by atoms with Crippen molar-refractivity contribution in [2.75, 3.05) is 13.2 Å². The van der Waals surface area contributed by atoms with Gasteiger partial charge in [0.1, 0.15) is 4.88 Å². The van der Waals surface area contributed by atoms with E-state index in [1.165, 1.54) is 40.2 Å². The minimum absolute atomic E-state index is 0.226. The highest BCUT2D eigenvalue weighted by Crippen LogP contribution is 2.29. The molecule has 0 bridgehead atoms. The Kier molecular flexibility index (Phi) is 5.64. The Bertz CT molecular complexity index is 685. The molecular formula is C19H21NO3S. The standard InChI is InChI=1S/C19H21NO3S/c21-18(20-11-10-14-6-2-1-3-7-14)13-23-19(22)17-12-15-8-4-5-9-16(15)24-17/h1-3,6-7,12H,4-5,8-11,13H2,(H,20,21). The van der Waals surface area contributed by atoms with Gasteiger partial charge in [-0.25, -0.2) is 4.79 Å². The van der Waals surface area contributed by atoms with Gasteiger partial charge in [0.05, 0.1) is 0 Å². The molecule has 0 unspecified atom stereocenters. The van der Waals surface area contributed by atoms with Gasteiger partial charge in [-0.3, -0.25) is 4.79 Å². The highest BCUT2D eigenvalue weighted by molar-refractivity contribution is 7.14. The van der Waals surface area contributed by atoms with Crippen LogP contribution in [0.1, 0.15) is 38.5 Å². The maximum atomic E-state index is 12.1. The Balaban J connectivity index is 1.41. The molecular weight excluding hydrogens is 322 g/mol. The second-order valence-electron chi connectivity index (χ2n) is 5.93. The van der Waals surface area contributed by atoms with Crippen LogP contribution in [0.4, 0.5) is 0 Å². The highest BCUT2D eigenvalue weighted by Gasteiger charge is 2.18. The van der Waals surface area contributed by atoms with E-state index in [9.17, 15) is 9.59 Å². The summed E-state index contributed by atoms with van der Waals surface area (Å²) >= 11 is 1.50. The van der Waals surface area contributed by atoms with Gasteiger partial charge in [-0.05, 0) is 49.3 Å². The number of thiophene rings is 1. The third-order valence-corrected chi connectivity index (χ3v) is 5.33. The van der Waals surface area contributed by atoms with Crippen molar-refractivity contribution in [2.24, 2.45) is 0 Å². The summed E-state index contributed by atoms with van der Waals surface area (Å²) in [7, 11) is 0. The van der Waals surface area contributed by atoms with Crippen molar-refractivity contribution in [1.29, 1.82) is 0 Å². The molecule has 1 heterocycles. The van der Waals surface area contributed by atoms with E-state index in [2.05, 4.69) is 5.32 Å². The number of esters is 1. The van der Waals surface area contributed by atoms with E-state index in [0.717, 1.165) is 19.3 Å². The lowest BCUT2D eigenvalue weighted by Crippen LogP contribution is -2.30. The summed E-state index contributed by atoms with van der Waals surface area (Å²) in [5, 5.41) is 2.77. The van der Waals surface area contributed by atoms with Crippen LogP contribution in [0.2, 0.25) is 0 Å². The van der Waals surface area contributed by atoms with Gasteiger partial charge < -0.3 is 10.1 Å². The van der Waals surface area contributed by atoms with Gasteiger partial charge in [0.25, 0.3) is 5.91 Å². The monoisotopic (exact) mass is 343 g/mol. The van der Waals surface area contributed by atoms with Crippen molar-refractivity contribution in [3.05, 3.63) is 57.3 Å². The smallest absolute Gasteiger partial charge is 0.348 e. The quantitative estimate of drug-likeness (QED) is 0.820. The van der Waals surface area contributed by atoms with Crippen LogP contribution in [0.5, 0.6) is 0 Å². The first kappa shape index (κ1) is 16.7. The van der Waals surface area contributed by atoms with Gasteiger partial charge in [-0.1, -0.05) is 30.3 Å². The first-order valence-electron chi connectivity index (χ1n) is 8.32. The number of amides is 1. The molecule has 5 heteroatoms. The van der Waals surface area contributed by atoms with Crippen molar-refractivity contribution in [1.82, 2.24) is 5.32 Å². The molecule has 0 saturated heterocycles. The number of fused-ring (bicyclic) bond motifs is 1. The molecule has 4 nitrogen and oxygen atoms in total. The molecule has 126 valence electrons. The van der Waals surface area contributed by atoms with Crippen LogP contribution >= 0.6 is 11.3 Å². The van der Waals surface area contributed by atoms with E-state index in [1.807, 2.05) is 36.4 Å². The third-order valence-electron chi connectivity index (χ3n) is 4.11. The zero-order chi connectivity index (χ0) is 16.8. The zero-order valence-electron chi connectivity index (χ0n) is 13.5. The molecule has 0 fully saturated rings. The summed E-state index contributed by atoms with van der Waals surface area (Å²) in [5.41, 5.74) is 2.43. The molecule has 3 rings (SSSR count). The summed E-state index contributed by atoms with van der Waals surface area (Å²) in [6.45, 7) is 0.309. The number of rotatable bonds is 6. The van der Waals surface area contributed by atoms with Crippen LogP contribution in [-0.4, -0.2) is 25.0 Å². The normalized spacial score (nSPS) is 13.2. The summed E-state index contributed by atoms with van der Waals surface area (Å²) in [6, 6.07) is 11.9. The Labute approximate surface area is 145 Å². The minimum atomic E-state index is -0.396. The van der Waals surface area contributed by atoms with E-state index in [4.69, 9.17) is 4.74 Å². The molecule has 0 saturated carbocycles. The second kappa shape index (κ2) is 8.11. The molecule has 1 aliphatic rings. The predicted molar refractivity (Wildman–Crippen MR) is 94.4 cm³/mol. The maximum Gasteiger partial charge on any atom is 0.348 e. The molecule has 1 aliphatic carbocycles. The summed E-state index contributed by atoms with van der Waals surface area (Å²) in [6.07, 6.45) is 5.22. The minimum Gasteiger partial charge on any atom is -0.451 e. The van der Waals surface area contributed by atoms with Crippen molar-refractivity contribution in [2.45, 2.75) is 32.1 Å². The summed E-state index contributed by atoms with van der Waals surface area (Å²) < 4.78 is 5.13. The largest absolute Gasteiger partial charge is 0.451 e. The van der Waals surface area contributed by atoms with Gasteiger partial charge in [0, 0.05) is 11.4 Å². The number of carbonyl (C=O) groups excluding carboxylic acids is 2. The van der Waals surface area contributed by atoms with Crippen molar-refractivity contribution >= 4 is 23.2 Å². The Hall–Kier alpha value is -2.14. The number of ether oxygens (including phenoxy) is 1. The molecule has 0 radical (unpaired) electrons. The lowest BCUT2D eigenvalue weighted by Gasteiger charge is -2.08. The fourth-order valence-corrected chi connectivity index (χ4v) is 3.98. The van der Waals surface area contributed by atoms with Crippen LogP contribution in [0.15, 0.2) is 36.4 Å². The second-order valence-corrected chi connectivity index (χ2v) is 7.06. The Morgan fingerprint density at radius 2 is 1.92 bits per heavy atom. The van der Waals surface area contributed by atoms with Gasteiger partial charge in [0.2, 0.25) is 0 Å². The number of benzene rings is 1. The molecule has 0 spiro atoms. The fraction of sp³-hybridized carbons (Fsp3) is 0.368.